The predicted octanol–water partition coefficient (Wildman–Crippen LogP) is 6.92. The number of imidazole rings is 1. The van der Waals surface area contributed by atoms with Crippen LogP contribution in [0.1, 0.15) is 71.0 Å². The second-order valence-electron chi connectivity index (χ2n) is 16.8. The minimum atomic E-state index is -1.06. The van der Waals surface area contributed by atoms with E-state index in [1.807, 2.05) is 82.3 Å². The molecular weight excluding hydrogens is 848 g/mol. The first-order valence-corrected chi connectivity index (χ1v) is 22.7. The van der Waals surface area contributed by atoms with E-state index >= 15 is 4.39 Å². The average Bonchev–Trinajstić information content (AvgIpc) is 4.14. The number of benzene rings is 4. The third-order valence-corrected chi connectivity index (χ3v) is 13.4. The maximum Gasteiger partial charge on any atom is 0.255 e. The lowest BCUT2D eigenvalue weighted by atomic mass is 9.99. The average molecular weight is 893 g/mol. The van der Waals surface area contributed by atoms with E-state index in [-0.39, 0.29) is 41.5 Å². The van der Waals surface area contributed by atoms with E-state index < -0.39 is 29.7 Å². The van der Waals surface area contributed by atoms with Gasteiger partial charge in [-0.3, -0.25) is 34.6 Å². The van der Waals surface area contributed by atoms with Crippen molar-refractivity contribution >= 4 is 51.7 Å². The number of likely N-dealkylation sites (tertiary alicyclic amines) is 1. The molecule has 2 saturated heterocycles. The number of hydrogen-bond donors (Lipinski definition) is 3. The number of piperidine rings is 2. The summed E-state index contributed by atoms with van der Waals surface area (Å²) in [6.45, 7) is 1.87. The van der Waals surface area contributed by atoms with E-state index in [4.69, 9.17) is 4.74 Å². The quantitative estimate of drug-likeness (QED) is 0.111. The highest BCUT2D eigenvalue weighted by molar-refractivity contribution is 7.13. The van der Waals surface area contributed by atoms with Gasteiger partial charge >= 0.3 is 0 Å². The van der Waals surface area contributed by atoms with Gasteiger partial charge in [0.1, 0.15) is 23.7 Å². The van der Waals surface area contributed by atoms with Gasteiger partial charge in [0.15, 0.2) is 11.2 Å². The van der Waals surface area contributed by atoms with Crippen molar-refractivity contribution in [2.45, 2.75) is 76.2 Å². The highest BCUT2D eigenvalue weighted by Crippen LogP contribution is 2.38. The number of anilines is 2. The van der Waals surface area contributed by atoms with Crippen LogP contribution >= 0.6 is 11.3 Å². The SMILES string of the molecule is O=C1CCC(Nc2ccc(-c3ccc(CC(=O)N4CCC(Oc5ccc(-c6cc(F)c7c(c6)C(=O)N(C(C(=O)Nc6nccs6)c6ncn8c6CCC8)C7)cc5)CC4)cc3)cc2)C(=O)N1. The zero-order valence-electron chi connectivity index (χ0n) is 35.3. The Kier molecular flexibility index (Phi) is 11.4. The Morgan fingerprint density at radius 3 is 2.31 bits per heavy atom. The highest BCUT2D eigenvalue weighted by Gasteiger charge is 2.42. The second kappa shape index (κ2) is 17.8. The number of imide groups is 1. The number of hydrogen-bond acceptors (Lipinski definition) is 10. The molecule has 4 aliphatic rings. The molecule has 2 unspecified atom stereocenters. The van der Waals surface area contributed by atoms with Gasteiger partial charge in [-0.25, -0.2) is 14.4 Å². The molecule has 0 radical (unpaired) electrons. The third kappa shape index (κ3) is 8.73. The predicted molar refractivity (Wildman–Crippen MR) is 241 cm³/mol. The smallest absolute Gasteiger partial charge is 0.255 e. The monoisotopic (exact) mass is 892 g/mol. The Bertz CT molecular complexity index is 2790. The number of ether oxygens (including phenoxy) is 1. The number of aromatic nitrogens is 3. The summed E-state index contributed by atoms with van der Waals surface area (Å²) in [7, 11) is 0. The number of nitrogens with zero attached hydrogens (tertiary/aromatic N) is 5. The molecule has 330 valence electrons. The molecule has 10 rings (SSSR count). The lowest BCUT2D eigenvalue weighted by Gasteiger charge is -2.32. The molecule has 0 spiro atoms. The van der Waals surface area contributed by atoms with Crippen molar-refractivity contribution in [3.63, 3.8) is 0 Å². The standard InChI is InChI=1S/C49H45FN8O6S/c50-39-26-33(25-37-38(39)27-58(48(37)63)45(47(62)55-49-51-19-23-65-49)44-41-2-1-20-57(41)28-52-44)32-9-13-35(14-10-32)64-36-17-21-56(22-18-36)43(60)24-29-3-5-30(6-4-29)31-7-11-34(12-8-31)53-40-15-16-42(59)54-46(40)61/h3-14,19,23,25-26,28,36,40,45,53H,1-2,15-18,20-22,24,27H2,(H,51,55,62)(H,54,59,61). The number of amides is 5. The van der Waals surface area contributed by atoms with Gasteiger partial charge in [0.05, 0.1) is 25.0 Å². The van der Waals surface area contributed by atoms with Crippen molar-refractivity contribution in [3.05, 3.63) is 137 Å². The van der Waals surface area contributed by atoms with Crippen LogP contribution < -0.4 is 20.7 Å². The van der Waals surface area contributed by atoms with Crippen LogP contribution in [0.5, 0.6) is 5.75 Å². The van der Waals surface area contributed by atoms with Crippen LogP contribution in [-0.4, -0.2) is 79.1 Å². The fourth-order valence-corrected chi connectivity index (χ4v) is 9.73. The number of aryl methyl sites for hydroxylation is 1. The highest BCUT2D eigenvalue weighted by atomic mass is 32.1. The van der Waals surface area contributed by atoms with Gasteiger partial charge in [-0.2, -0.15) is 0 Å². The molecule has 0 bridgehead atoms. The van der Waals surface area contributed by atoms with Crippen LogP contribution in [0.25, 0.3) is 22.3 Å². The Balaban J connectivity index is 0.727. The molecule has 2 atom stereocenters. The van der Waals surface area contributed by atoms with Crippen LogP contribution in [0, 0.1) is 5.82 Å². The molecular formula is C49H45FN8O6S. The number of carbonyl (C=O) groups is 5. The number of nitrogens with one attached hydrogen (secondary N) is 3. The molecule has 4 aromatic carbocycles. The topological polar surface area (TPSA) is 168 Å². The van der Waals surface area contributed by atoms with Crippen LogP contribution in [-0.2, 0) is 45.1 Å². The molecule has 5 amide bonds. The number of carbonyl (C=O) groups excluding carboxylic acids is 5. The minimum absolute atomic E-state index is 0.0622. The summed E-state index contributed by atoms with van der Waals surface area (Å²) in [5, 5.41) is 10.5. The summed E-state index contributed by atoms with van der Waals surface area (Å²) < 4.78 is 24.2. The molecule has 4 aliphatic heterocycles. The Morgan fingerprint density at radius 2 is 1.58 bits per heavy atom. The van der Waals surface area contributed by atoms with Crippen molar-refractivity contribution in [2.75, 3.05) is 23.7 Å². The van der Waals surface area contributed by atoms with Crippen LogP contribution in [0.2, 0.25) is 0 Å². The lowest BCUT2D eigenvalue weighted by Crippen LogP contribution is -2.47. The van der Waals surface area contributed by atoms with E-state index in [1.165, 1.54) is 22.3 Å². The molecule has 0 saturated carbocycles. The fraction of sp³-hybridized carbons (Fsp3) is 0.286. The number of rotatable bonds is 12. The van der Waals surface area contributed by atoms with Gasteiger partial charge in [-0.1, -0.05) is 48.5 Å². The van der Waals surface area contributed by atoms with Gasteiger partial charge in [-0.15, -0.1) is 11.3 Å². The van der Waals surface area contributed by atoms with Gasteiger partial charge in [-0.05, 0) is 83.5 Å². The number of thiazole rings is 1. The third-order valence-electron chi connectivity index (χ3n) is 12.7. The van der Waals surface area contributed by atoms with Crippen molar-refractivity contribution in [3.8, 4) is 28.0 Å². The van der Waals surface area contributed by atoms with Crippen molar-refractivity contribution < 1.29 is 33.1 Å². The second-order valence-corrected chi connectivity index (χ2v) is 17.7. The van der Waals surface area contributed by atoms with Crippen molar-refractivity contribution in [2.24, 2.45) is 0 Å². The van der Waals surface area contributed by atoms with E-state index in [9.17, 15) is 24.0 Å². The van der Waals surface area contributed by atoms with Crippen molar-refractivity contribution in [1.29, 1.82) is 0 Å². The summed E-state index contributed by atoms with van der Waals surface area (Å²) >= 11 is 1.27. The van der Waals surface area contributed by atoms with Gasteiger partial charge in [0.25, 0.3) is 11.8 Å². The largest absolute Gasteiger partial charge is 0.490 e. The lowest BCUT2D eigenvalue weighted by molar-refractivity contribution is -0.134. The van der Waals surface area contributed by atoms with E-state index in [0.29, 0.717) is 72.9 Å². The van der Waals surface area contributed by atoms with Crippen LogP contribution in [0.4, 0.5) is 15.2 Å². The summed E-state index contributed by atoms with van der Waals surface area (Å²) in [6.07, 6.45) is 7.29. The maximum atomic E-state index is 15.9. The fourth-order valence-electron chi connectivity index (χ4n) is 9.20. The first-order valence-electron chi connectivity index (χ1n) is 21.9. The van der Waals surface area contributed by atoms with Crippen LogP contribution in [0.15, 0.2) is 103 Å². The van der Waals surface area contributed by atoms with Gasteiger partial charge in [0.2, 0.25) is 17.7 Å². The molecule has 2 aromatic heterocycles. The summed E-state index contributed by atoms with van der Waals surface area (Å²) in [5.41, 5.74) is 6.84. The zero-order chi connectivity index (χ0) is 44.6. The van der Waals surface area contributed by atoms with Crippen molar-refractivity contribution in [1.82, 2.24) is 29.7 Å². The normalized spacial score (nSPS) is 17.7. The molecule has 6 heterocycles. The molecule has 14 nitrogen and oxygen atoms in total. The Hall–Kier alpha value is -7.20. The first kappa shape index (κ1) is 41.8. The minimum Gasteiger partial charge on any atom is -0.490 e. The molecule has 16 heteroatoms. The molecule has 3 N–H and O–H groups in total. The Labute approximate surface area is 377 Å². The van der Waals surface area contributed by atoms with E-state index in [0.717, 1.165) is 47.5 Å². The molecule has 2 fully saturated rings. The maximum absolute atomic E-state index is 15.9. The molecule has 0 aliphatic carbocycles. The number of fused-ring (bicyclic) bond motifs is 2. The first-order chi connectivity index (χ1) is 31.6. The summed E-state index contributed by atoms with van der Waals surface area (Å²) in [4.78, 5) is 76.9. The summed E-state index contributed by atoms with van der Waals surface area (Å²) in [6, 6.07) is 24.7. The van der Waals surface area contributed by atoms with Gasteiger partial charge < -0.3 is 24.4 Å². The van der Waals surface area contributed by atoms with Gasteiger partial charge in [0, 0.05) is 73.0 Å². The molecule has 6 aromatic rings. The molecule has 65 heavy (non-hydrogen) atoms. The van der Waals surface area contributed by atoms with E-state index in [2.05, 4.69) is 25.9 Å². The number of halogens is 1. The Morgan fingerprint density at radius 1 is 0.862 bits per heavy atom. The summed E-state index contributed by atoms with van der Waals surface area (Å²) in [5.74, 6) is -1.25. The van der Waals surface area contributed by atoms with E-state index in [1.54, 1.807) is 24.0 Å². The van der Waals surface area contributed by atoms with Crippen LogP contribution in [0.3, 0.4) is 0 Å². The zero-order valence-corrected chi connectivity index (χ0v) is 36.1.